The van der Waals surface area contributed by atoms with Gasteiger partial charge in [0.2, 0.25) is 0 Å². The molecule has 1 nitrogen and oxygen atoms in total. The Labute approximate surface area is 152 Å². The maximum absolute atomic E-state index is 5.95. The summed E-state index contributed by atoms with van der Waals surface area (Å²) >= 11 is 3.53. The molecule has 0 aliphatic heterocycles. The highest BCUT2D eigenvalue weighted by atomic mass is 79.9. The van der Waals surface area contributed by atoms with E-state index in [-0.39, 0.29) is 0 Å². The highest BCUT2D eigenvalue weighted by Gasteiger charge is 2.03. The molecule has 0 bridgehead atoms. The number of benzene rings is 3. The molecule has 0 heterocycles. The SMILES string of the molecule is CCc1cccc(-c2ccc(OCc3ccccc3CBr)cc2)c1. The van der Waals surface area contributed by atoms with Crippen molar-refractivity contribution < 1.29 is 4.74 Å². The van der Waals surface area contributed by atoms with E-state index in [1.807, 2.05) is 12.1 Å². The Morgan fingerprint density at radius 3 is 2.25 bits per heavy atom. The van der Waals surface area contributed by atoms with E-state index in [1.165, 1.54) is 27.8 Å². The van der Waals surface area contributed by atoms with Gasteiger partial charge in [-0.3, -0.25) is 0 Å². The molecular weight excluding hydrogens is 360 g/mol. The number of hydrogen-bond donors (Lipinski definition) is 0. The van der Waals surface area contributed by atoms with Crippen LogP contribution in [0.25, 0.3) is 11.1 Å². The average molecular weight is 381 g/mol. The Morgan fingerprint density at radius 2 is 1.54 bits per heavy atom. The summed E-state index contributed by atoms with van der Waals surface area (Å²) in [5.74, 6) is 0.898. The minimum Gasteiger partial charge on any atom is -0.489 e. The van der Waals surface area contributed by atoms with Crippen molar-refractivity contribution in [3.63, 3.8) is 0 Å². The van der Waals surface area contributed by atoms with Crippen LogP contribution in [0, 0.1) is 0 Å². The number of hydrogen-bond acceptors (Lipinski definition) is 1. The Bertz CT molecular complexity index is 793. The number of halogens is 1. The van der Waals surface area contributed by atoms with Crippen molar-refractivity contribution in [1.82, 2.24) is 0 Å². The van der Waals surface area contributed by atoms with Crippen molar-refractivity contribution >= 4 is 15.9 Å². The van der Waals surface area contributed by atoms with Gasteiger partial charge in [-0.15, -0.1) is 0 Å². The quantitative estimate of drug-likeness (QED) is 0.450. The standard InChI is InChI=1S/C22H21BrO/c1-2-17-6-5-9-19(14-17)18-10-12-22(13-11-18)24-16-21-8-4-3-7-20(21)15-23/h3-14H,2,15-16H2,1H3. The molecule has 0 amide bonds. The van der Waals surface area contributed by atoms with Gasteiger partial charge in [-0.1, -0.05) is 83.5 Å². The van der Waals surface area contributed by atoms with Crippen molar-refractivity contribution in [2.24, 2.45) is 0 Å². The molecule has 0 aromatic heterocycles. The zero-order valence-electron chi connectivity index (χ0n) is 13.8. The summed E-state index contributed by atoms with van der Waals surface area (Å²) in [6.07, 6.45) is 1.06. The third-order valence-electron chi connectivity index (χ3n) is 4.18. The summed E-state index contributed by atoms with van der Waals surface area (Å²) in [7, 11) is 0. The fraction of sp³-hybridized carbons (Fsp3) is 0.182. The van der Waals surface area contributed by atoms with Crippen molar-refractivity contribution in [1.29, 1.82) is 0 Å². The Hall–Kier alpha value is -2.06. The van der Waals surface area contributed by atoms with Crippen LogP contribution in [-0.4, -0.2) is 0 Å². The van der Waals surface area contributed by atoms with Crippen LogP contribution in [0.4, 0.5) is 0 Å². The molecule has 0 spiro atoms. The normalized spacial score (nSPS) is 10.6. The summed E-state index contributed by atoms with van der Waals surface area (Å²) in [4.78, 5) is 0. The maximum atomic E-state index is 5.95. The van der Waals surface area contributed by atoms with Gasteiger partial charge in [-0.25, -0.2) is 0 Å². The lowest BCUT2D eigenvalue weighted by atomic mass is 10.0. The molecule has 0 saturated heterocycles. The van der Waals surface area contributed by atoms with Crippen LogP contribution in [-0.2, 0) is 18.4 Å². The molecule has 2 heteroatoms. The molecule has 0 aliphatic carbocycles. The van der Waals surface area contributed by atoms with E-state index in [2.05, 4.69) is 83.5 Å². The second kappa shape index (κ2) is 8.16. The fourth-order valence-corrected chi connectivity index (χ4v) is 3.25. The second-order valence-electron chi connectivity index (χ2n) is 5.77. The zero-order valence-corrected chi connectivity index (χ0v) is 15.4. The largest absolute Gasteiger partial charge is 0.489 e. The van der Waals surface area contributed by atoms with E-state index in [0.717, 1.165) is 17.5 Å². The number of ether oxygens (including phenoxy) is 1. The lowest BCUT2D eigenvalue weighted by Crippen LogP contribution is -1.98. The molecule has 0 saturated carbocycles. The Balaban J connectivity index is 1.70. The van der Waals surface area contributed by atoms with Gasteiger partial charge in [-0.05, 0) is 46.4 Å². The summed E-state index contributed by atoms with van der Waals surface area (Å²) in [6.45, 7) is 2.77. The minimum absolute atomic E-state index is 0.590. The average Bonchev–Trinajstić information content (AvgIpc) is 2.67. The lowest BCUT2D eigenvalue weighted by molar-refractivity contribution is 0.305. The highest BCUT2D eigenvalue weighted by Crippen LogP contribution is 2.24. The second-order valence-corrected chi connectivity index (χ2v) is 6.33. The Morgan fingerprint density at radius 1 is 0.792 bits per heavy atom. The molecule has 0 radical (unpaired) electrons. The molecule has 0 N–H and O–H groups in total. The third-order valence-corrected chi connectivity index (χ3v) is 4.78. The van der Waals surface area contributed by atoms with Crippen molar-refractivity contribution in [2.75, 3.05) is 0 Å². The predicted molar refractivity (Wildman–Crippen MR) is 105 cm³/mol. The number of rotatable bonds is 6. The van der Waals surface area contributed by atoms with Crippen LogP contribution in [0.2, 0.25) is 0 Å². The molecular formula is C22H21BrO. The van der Waals surface area contributed by atoms with Crippen LogP contribution in [0.3, 0.4) is 0 Å². The summed E-state index contributed by atoms with van der Waals surface area (Å²) in [6, 6.07) is 25.4. The fourth-order valence-electron chi connectivity index (χ4n) is 2.70. The summed E-state index contributed by atoms with van der Waals surface area (Å²) < 4.78 is 5.95. The van der Waals surface area contributed by atoms with Crippen molar-refractivity contribution in [2.45, 2.75) is 25.3 Å². The molecule has 3 rings (SSSR count). The van der Waals surface area contributed by atoms with Gasteiger partial charge in [0.15, 0.2) is 0 Å². The van der Waals surface area contributed by atoms with Crippen LogP contribution in [0.5, 0.6) is 5.75 Å². The Kier molecular flexibility index (Phi) is 5.71. The van der Waals surface area contributed by atoms with Crippen LogP contribution in [0.1, 0.15) is 23.6 Å². The van der Waals surface area contributed by atoms with Gasteiger partial charge in [0, 0.05) is 5.33 Å². The summed E-state index contributed by atoms with van der Waals surface area (Å²) in [5, 5.41) is 0.846. The van der Waals surface area contributed by atoms with Crippen LogP contribution in [0.15, 0.2) is 72.8 Å². The first-order chi connectivity index (χ1) is 11.8. The molecule has 3 aromatic carbocycles. The van der Waals surface area contributed by atoms with E-state index in [4.69, 9.17) is 4.74 Å². The van der Waals surface area contributed by atoms with E-state index >= 15 is 0 Å². The van der Waals surface area contributed by atoms with E-state index < -0.39 is 0 Å². The molecule has 3 aromatic rings. The van der Waals surface area contributed by atoms with Gasteiger partial charge in [0.05, 0.1) is 0 Å². The first-order valence-corrected chi connectivity index (χ1v) is 9.37. The van der Waals surface area contributed by atoms with E-state index in [0.29, 0.717) is 6.61 Å². The van der Waals surface area contributed by atoms with Gasteiger partial charge < -0.3 is 4.74 Å². The summed E-state index contributed by atoms with van der Waals surface area (Å²) in [5.41, 5.74) is 6.32. The smallest absolute Gasteiger partial charge is 0.119 e. The monoisotopic (exact) mass is 380 g/mol. The lowest BCUT2D eigenvalue weighted by Gasteiger charge is -2.10. The third kappa shape index (κ3) is 4.07. The highest BCUT2D eigenvalue weighted by molar-refractivity contribution is 9.08. The molecule has 0 fully saturated rings. The van der Waals surface area contributed by atoms with E-state index in [1.54, 1.807) is 0 Å². The van der Waals surface area contributed by atoms with Gasteiger partial charge in [0.25, 0.3) is 0 Å². The van der Waals surface area contributed by atoms with Gasteiger partial charge in [0.1, 0.15) is 12.4 Å². The number of aryl methyl sites for hydroxylation is 1. The predicted octanol–water partition coefficient (Wildman–Crippen LogP) is 6.39. The molecule has 122 valence electrons. The van der Waals surface area contributed by atoms with Crippen LogP contribution < -0.4 is 4.74 Å². The van der Waals surface area contributed by atoms with Gasteiger partial charge >= 0.3 is 0 Å². The molecule has 0 unspecified atom stereocenters. The molecule has 0 atom stereocenters. The maximum Gasteiger partial charge on any atom is 0.119 e. The molecule has 0 aliphatic rings. The topological polar surface area (TPSA) is 9.23 Å². The number of alkyl halides is 1. The van der Waals surface area contributed by atoms with Crippen molar-refractivity contribution in [3.8, 4) is 16.9 Å². The first kappa shape index (κ1) is 16.8. The van der Waals surface area contributed by atoms with Crippen LogP contribution >= 0.6 is 15.9 Å². The van der Waals surface area contributed by atoms with E-state index in [9.17, 15) is 0 Å². The first-order valence-electron chi connectivity index (χ1n) is 8.25. The minimum atomic E-state index is 0.590. The molecule has 24 heavy (non-hydrogen) atoms. The zero-order chi connectivity index (χ0) is 16.8. The van der Waals surface area contributed by atoms with Crippen molar-refractivity contribution in [3.05, 3.63) is 89.5 Å². The van der Waals surface area contributed by atoms with Gasteiger partial charge in [-0.2, -0.15) is 0 Å².